The van der Waals surface area contributed by atoms with Crippen molar-refractivity contribution in [2.45, 2.75) is 41.3 Å². The van der Waals surface area contributed by atoms with Crippen LogP contribution in [0.4, 0.5) is 0 Å². The van der Waals surface area contributed by atoms with Gasteiger partial charge in [0.15, 0.2) is 0 Å². The van der Waals surface area contributed by atoms with Gasteiger partial charge in [0.2, 0.25) is 0 Å². The molecule has 0 spiro atoms. The molecule has 0 fully saturated rings. The standard InChI is InChI=1S/C50H47B2N6OS/c1-11-22-34(14-4)47-55-46(56-48(57-47)36-25-18-17-19-26-36)32(7)29-44-41(16-6)54-50(60-44)40(51-9)31-37(23-12-2)58-33(8)39(38(24-13-3)45(58)52-10)30-35(15-5)49-53-42-27-20-21-28-43(42)59-49/h11-31H,1,4-5,7H2,2-3,6,8-10H3/b23-12-,24-13-,34-22+,35-30+,37-31+,41-16+,44-29+. The van der Waals surface area contributed by atoms with E-state index in [1.807, 2.05) is 100 Å². The van der Waals surface area contributed by atoms with Crippen molar-refractivity contribution in [3.05, 3.63) is 179 Å². The Morgan fingerprint density at radius 1 is 0.833 bits per heavy atom. The fourth-order valence-electron chi connectivity index (χ4n) is 6.77. The molecule has 4 heterocycles. The zero-order chi connectivity index (χ0) is 42.8. The van der Waals surface area contributed by atoms with Gasteiger partial charge in [-0.1, -0.05) is 24.8 Å². The first-order valence-electron chi connectivity index (χ1n) is 19.7. The van der Waals surface area contributed by atoms with Crippen LogP contribution < -0.4 is 15.5 Å². The molecule has 7 nitrogen and oxygen atoms in total. The molecular formula is C50H47B2N6OS. The van der Waals surface area contributed by atoms with Gasteiger partial charge in [0.1, 0.15) is 0 Å². The van der Waals surface area contributed by atoms with Crippen molar-refractivity contribution < 1.29 is 4.42 Å². The summed E-state index contributed by atoms with van der Waals surface area (Å²) >= 11 is 1.59. The molecule has 6 aromatic rings. The zero-order valence-corrected chi connectivity index (χ0v) is 35.9. The SMILES string of the molecule is C=C/C=C(\C=C)c1nc(C(=C)/C=c2/sc(C(=BC)/C=C(\C=C/C)n3c(C)c(/C=C(\C=C)c4nc5ccccc5o4)c(/C=C\C)c3[B]C)n/c2=C/C)nc(-c2ccccc2)n1. The van der Waals surface area contributed by atoms with Crippen molar-refractivity contribution in [1.29, 1.82) is 0 Å². The summed E-state index contributed by atoms with van der Waals surface area (Å²) in [6, 6.07) is 17.6. The minimum absolute atomic E-state index is 0.457. The van der Waals surface area contributed by atoms with E-state index in [-0.39, 0.29) is 0 Å². The topological polar surface area (TPSA) is 82.5 Å². The van der Waals surface area contributed by atoms with Gasteiger partial charge in [-0.25, -0.2) is 0 Å². The van der Waals surface area contributed by atoms with Crippen molar-refractivity contribution in [1.82, 2.24) is 29.5 Å². The summed E-state index contributed by atoms with van der Waals surface area (Å²) in [7, 11) is 2.15. The first kappa shape index (κ1) is 42.8. The molecule has 0 amide bonds. The predicted molar refractivity (Wildman–Crippen MR) is 261 cm³/mol. The Hall–Kier alpha value is -6.77. The Balaban J connectivity index is 1.45. The molecule has 6 rings (SSSR count). The molecule has 0 N–H and O–H groups in total. The average Bonchev–Trinajstić information content (AvgIpc) is 3.96. The van der Waals surface area contributed by atoms with E-state index < -0.39 is 0 Å². The van der Waals surface area contributed by atoms with Gasteiger partial charge in [-0.05, 0) is 0 Å². The van der Waals surface area contributed by atoms with Gasteiger partial charge in [0, 0.05) is 0 Å². The Morgan fingerprint density at radius 2 is 1.57 bits per heavy atom. The molecule has 0 aliphatic heterocycles. The van der Waals surface area contributed by atoms with Crippen LogP contribution in [0.1, 0.15) is 60.1 Å². The Morgan fingerprint density at radius 3 is 2.22 bits per heavy atom. The summed E-state index contributed by atoms with van der Waals surface area (Å²) in [5.74, 6) is 2.01. The third kappa shape index (κ3) is 9.09. The third-order valence-corrected chi connectivity index (χ3v) is 10.7. The molecule has 0 atom stereocenters. The maximum atomic E-state index is 6.17. The number of hydrogen-bond acceptors (Lipinski definition) is 7. The summed E-state index contributed by atoms with van der Waals surface area (Å²) < 4.78 is 9.39. The Bertz CT molecular complexity index is 2900. The van der Waals surface area contributed by atoms with Crippen LogP contribution in [0, 0.1) is 6.92 Å². The van der Waals surface area contributed by atoms with Crippen LogP contribution in [0.5, 0.6) is 0 Å². The molecule has 4 aromatic heterocycles. The number of thiazole rings is 1. The predicted octanol–water partition coefficient (Wildman–Crippen LogP) is 9.82. The number of allylic oxidation sites excluding steroid dienone is 12. The second kappa shape index (κ2) is 19.8. The molecule has 2 aromatic carbocycles. The summed E-state index contributed by atoms with van der Waals surface area (Å²) in [6.07, 6.45) is 23.7. The number of aromatic nitrogens is 6. The van der Waals surface area contributed by atoms with Gasteiger partial charge in [-0.3, -0.25) is 0 Å². The maximum absolute atomic E-state index is 6.17. The zero-order valence-electron chi connectivity index (χ0n) is 35.1. The van der Waals surface area contributed by atoms with Gasteiger partial charge >= 0.3 is 335 Å². The normalized spacial score (nSPS) is 13.4. The minimum atomic E-state index is 0.457. The Labute approximate surface area is 358 Å². The molecule has 295 valence electrons. The van der Waals surface area contributed by atoms with Gasteiger partial charge in [-0.2, -0.15) is 0 Å². The second-order valence-electron chi connectivity index (χ2n) is 13.5. The molecule has 0 bridgehead atoms. The van der Waals surface area contributed by atoms with E-state index in [2.05, 4.69) is 95.3 Å². The van der Waals surface area contributed by atoms with Crippen molar-refractivity contribution in [2.24, 2.45) is 0 Å². The molecule has 60 heavy (non-hydrogen) atoms. The van der Waals surface area contributed by atoms with Gasteiger partial charge in [0.25, 0.3) is 0 Å². The number of fused-ring (bicyclic) bond motifs is 1. The molecule has 10 heteroatoms. The van der Waals surface area contributed by atoms with Gasteiger partial charge in [0.05, 0.1) is 0 Å². The van der Waals surface area contributed by atoms with Gasteiger partial charge < -0.3 is 0 Å². The fourth-order valence-corrected chi connectivity index (χ4v) is 7.88. The number of para-hydroxylation sites is 2. The summed E-state index contributed by atoms with van der Waals surface area (Å²) in [5, 5.41) is 1.70. The first-order chi connectivity index (χ1) is 29.2. The molecule has 1 radical (unpaired) electrons. The second-order valence-corrected chi connectivity index (χ2v) is 14.5. The van der Waals surface area contributed by atoms with E-state index in [0.29, 0.717) is 28.9 Å². The molecule has 0 aliphatic carbocycles. The van der Waals surface area contributed by atoms with Crippen LogP contribution >= 0.6 is 11.3 Å². The monoisotopic (exact) mass is 801 g/mol. The molecule has 0 aliphatic rings. The quantitative estimate of drug-likeness (QED) is 0.0760. The number of benzene rings is 2. The number of hydrogen-bond donors (Lipinski definition) is 0. The van der Waals surface area contributed by atoms with Crippen molar-refractivity contribution in [3.63, 3.8) is 0 Å². The van der Waals surface area contributed by atoms with Crippen molar-refractivity contribution >= 4 is 94.4 Å². The van der Waals surface area contributed by atoms with Gasteiger partial charge in [-0.15, -0.1) is 0 Å². The van der Waals surface area contributed by atoms with Crippen LogP contribution in [0.2, 0.25) is 13.6 Å². The number of nitrogens with zero attached hydrogens (tertiary/aromatic N) is 6. The van der Waals surface area contributed by atoms with Crippen LogP contribution in [0.25, 0.3) is 69.2 Å². The van der Waals surface area contributed by atoms with Crippen molar-refractivity contribution in [2.75, 3.05) is 0 Å². The van der Waals surface area contributed by atoms with E-state index in [1.54, 1.807) is 29.6 Å². The van der Waals surface area contributed by atoms with E-state index in [0.717, 1.165) is 76.3 Å². The summed E-state index contributed by atoms with van der Waals surface area (Å²) in [6.45, 7) is 30.8. The average molecular weight is 802 g/mol. The first-order valence-corrected chi connectivity index (χ1v) is 20.5. The molecule has 0 unspecified atom stereocenters. The number of oxazole rings is 1. The van der Waals surface area contributed by atoms with Crippen molar-refractivity contribution in [3.8, 4) is 11.4 Å². The van der Waals surface area contributed by atoms with Crippen LogP contribution in [-0.4, -0.2) is 49.2 Å². The van der Waals surface area contributed by atoms with E-state index in [4.69, 9.17) is 29.3 Å². The number of rotatable bonds is 15. The van der Waals surface area contributed by atoms with Crippen LogP contribution in [0.15, 0.2) is 134 Å². The van der Waals surface area contributed by atoms with E-state index in [1.165, 1.54) is 0 Å². The van der Waals surface area contributed by atoms with Crippen LogP contribution in [-0.2, 0) is 0 Å². The molecule has 0 saturated heterocycles. The molecular weight excluding hydrogens is 754 g/mol. The van der Waals surface area contributed by atoms with E-state index in [9.17, 15) is 0 Å². The summed E-state index contributed by atoms with van der Waals surface area (Å²) in [4.78, 5) is 24.3. The van der Waals surface area contributed by atoms with E-state index >= 15 is 0 Å². The molecule has 0 saturated carbocycles. The Kier molecular flexibility index (Phi) is 14.1. The fraction of sp³-hybridized carbons (Fsp3) is 0.120. The van der Waals surface area contributed by atoms with Crippen LogP contribution in [0.3, 0.4) is 0 Å². The third-order valence-electron chi connectivity index (χ3n) is 9.65. The summed E-state index contributed by atoms with van der Waals surface area (Å²) in [5.41, 5.74) is 10.7.